The molecule has 1 atom stereocenters. The summed E-state index contributed by atoms with van der Waals surface area (Å²) in [7, 11) is 2.90. The van der Waals surface area contributed by atoms with E-state index in [0.29, 0.717) is 27.8 Å². The third-order valence-corrected chi connectivity index (χ3v) is 3.93. The van der Waals surface area contributed by atoms with Crippen LogP contribution in [-0.2, 0) is 9.59 Å². The lowest BCUT2D eigenvalue weighted by atomic mass is 9.95. The van der Waals surface area contributed by atoms with Crippen molar-refractivity contribution >= 4 is 29.2 Å². The summed E-state index contributed by atoms with van der Waals surface area (Å²) in [6.45, 7) is 0. The van der Waals surface area contributed by atoms with Gasteiger partial charge in [-0.3, -0.25) is 9.59 Å². The third kappa shape index (κ3) is 4.64. The molecule has 2 N–H and O–H groups in total. The molecule has 0 heterocycles. The molecule has 0 spiro atoms. The van der Waals surface area contributed by atoms with Crippen molar-refractivity contribution in [1.82, 2.24) is 0 Å². The summed E-state index contributed by atoms with van der Waals surface area (Å²) in [5.41, 5.74) is 0.914. The van der Waals surface area contributed by atoms with Crippen molar-refractivity contribution in [2.24, 2.45) is 0 Å². The Balaban J connectivity index is 2.20. The van der Waals surface area contributed by atoms with Crippen molar-refractivity contribution in [2.45, 2.75) is 12.3 Å². The second-order valence-corrected chi connectivity index (χ2v) is 5.65. The Hall–Kier alpha value is -2.73. The molecule has 2 rings (SSSR count). The molecule has 2 aromatic rings. The van der Waals surface area contributed by atoms with Crippen LogP contribution in [-0.4, -0.2) is 31.2 Å². The van der Waals surface area contributed by atoms with E-state index in [1.165, 1.54) is 26.4 Å². The van der Waals surface area contributed by atoms with E-state index in [0.717, 1.165) is 0 Å². The minimum Gasteiger partial charge on any atom is -0.495 e. The van der Waals surface area contributed by atoms with E-state index >= 15 is 0 Å². The van der Waals surface area contributed by atoms with Gasteiger partial charge in [0.25, 0.3) is 0 Å². The van der Waals surface area contributed by atoms with Gasteiger partial charge in [-0.25, -0.2) is 0 Å². The summed E-state index contributed by atoms with van der Waals surface area (Å²) in [6, 6.07) is 11.6. The van der Waals surface area contributed by atoms with Crippen molar-refractivity contribution in [3.05, 3.63) is 53.1 Å². The molecule has 0 saturated carbocycles. The maximum atomic E-state index is 12.3. The maximum Gasteiger partial charge on any atom is 0.311 e. The fraction of sp³-hybridized carbons (Fsp3) is 0.222. The summed E-state index contributed by atoms with van der Waals surface area (Å²) < 4.78 is 10.3. The number of benzene rings is 2. The molecule has 7 heteroatoms. The number of carbonyl (C=O) groups is 2. The molecule has 1 amide bonds. The van der Waals surface area contributed by atoms with E-state index in [1.54, 1.807) is 30.3 Å². The molecule has 0 bridgehead atoms. The standard InChI is InChI=1S/C18H18ClNO5/c1-24-15-10-14(16(25-2)9-13(15)19)20-17(21)8-12(18(22)23)11-6-4-3-5-7-11/h3-7,9-10,12H,8H2,1-2H3,(H,20,21)(H,22,23). The zero-order chi connectivity index (χ0) is 18.4. The molecule has 25 heavy (non-hydrogen) atoms. The van der Waals surface area contributed by atoms with Crippen LogP contribution in [0.3, 0.4) is 0 Å². The summed E-state index contributed by atoms with van der Waals surface area (Å²) in [6.07, 6.45) is -0.215. The van der Waals surface area contributed by atoms with Crippen LogP contribution < -0.4 is 14.8 Å². The lowest BCUT2D eigenvalue weighted by molar-refractivity contribution is -0.140. The number of halogens is 1. The van der Waals surface area contributed by atoms with E-state index in [1.807, 2.05) is 0 Å². The number of hydrogen-bond acceptors (Lipinski definition) is 4. The molecule has 0 aromatic heterocycles. The van der Waals surface area contributed by atoms with Crippen molar-refractivity contribution in [2.75, 3.05) is 19.5 Å². The highest BCUT2D eigenvalue weighted by Crippen LogP contribution is 2.36. The largest absolute Gasteiger partial charge is 0.495 e. The van der Waals surface area contributed by atoms with Crippen LogP contribution in [0.2, 0.25) is 5.02 Å². The number of carbonyl (C=O) groups excluding carboxylic acids is 1. The van der Waals surface area contributed by atoms with E-state index in [2.05, 4.69) is 5.32 Å². The van der Waals surface area contributed by atoms with Crippen LogP contribution in [0.5, 0.6) is 11.5 Å². The van der Waals surface area contributed by atoms with Gasteiger partial charge in [0.15, 0.2) is 0 Å². The zero-order valence-corrected chi connectivity index (χ0v) is 14.5. The minimum atomic E-state index is -1.07. The van der Waals surface area contributed by atoms with Gasteiger partial charge in [-0.2, -0.15) is 0 Å². The topological polar surface area (TPSA) is 84.9 Å². The Morgan fingerprint density at radius 1 is 1.12 bits per heavy atom. The van der Waals surface area contributed by atoms with Crippen molar-refractivity contribution in [3.8, 4) is 11.5 Å². The molecular weight excluding hydrogens is 346 g/mol. The Morgan fingerprint density at radius 2 is 1.76 bits per heavy atom. The van der Waals surface area contributed by atoms with Gasteiger partial charge in [0.1, 0.15) is 11.5 Å². The highest BCUT2D eigenvalue weighted by molar-refractivity contribution is 6.32. The second kappa shape index (κ2) is 8.39. The summed E-state index contributed by atoms with van der Waals surface area (Å²) >= 11 is 6.03. The molecular formula is C18H18ClNO5. The van der Waals surface area contributed by atoms with Gasteiger partial charge < -0.3 is 19.9 Å². The Morgan fingerprint density at radius 3 is 2.32 bits per heavy atom. The predicted molar refractivity (Wildman–Crippen MR) is 94.6 cm³/mol. The fourth-order valence-electron chi connectivity index (χ4n) is 2.38. The van der Waals surface area contributed by atoms with Crippen LogP contribution >= 0.6 is 11.6 Å². The van der Waals surface area contributed by atoms with Gasteiger partial charge in [-0.05, 0) is 5.56 Å². The van der Waals surface area contributed by atoms with Crippen LogP contribution in [0.25, 0.3) is 0 Å². The lowest BCUT2D eigenvalue weighted by Crippen LogP contribution is -2.21. The maximum absolute atomic E-state index is 12.3. The molecule has 2 aromatic carbocycles. The van der Waals surface area contributed by atoms with Crippen molar-refractivity contribution in [3.63, 3.8) is 0 Å². The van der Waals surface area contributed by atoms with E-state index in [-0.39, 0.29) is 6.42 Å². The highest BCUT2D eigenvalue weighted by Gasteiger charge is 2.24. The molecule has 6 nitrogen and oxygen atoms in total. The number of ether oxygens (including phenoxy) is 2. The quantitative estimate of drug-likeness (QED) is 0.785. The number of methoxy groups -OCH3 is 2. The predicted octanol–water partition coefficient (Wildman–Crippen LogP) is 3.55. The number of aliphatic carboxylic acids is 1. The molecule has 0 radical (unpaired) electrons. The molecule has 0 aliphatic carbocycles. The van der Waals surface area contributed by atoms with E-state index < -0.39 is 17.8 Å². The first-order valence-corrected chi connectivity index (χ1v) is 7.83. The molecule has 132 valence electrons. The van der Waals surface area contributed by atoms with Crippen molar-refractivity contribution in [1.29, 1.82) is 0 Å². The fourth-order valence-corrected chi connectivity index (χ4v) is 2.61. The van der Waals surface area contributed by atoms with Crippen LogP contribution in [0.1, 0.15) is 17.9 Å². The van der Waals surface area contributed by atoms with Crippen LogP contribution in [0.15, 0.2) is 42.5 Å². The molecule has 0 fully saturated rings. The minimum absolute atomic E-state index is 0.215. The monoisotopic (exact) mass is 363 g/mol. The average Bonchev–Trinajstić information content (AvgIpc) is 2.61. The number of carboxylic acid groups (broad SMARTS) is 1. The summed E-state index contributed by atoms with van der Waals surface area (Å²) in [4.78, 5) is 23.9. The van der Waals surface area contributed by atoms with Gasteiger partial charge in [-0.15, -0.1) is 0 Å². The first-order chi connectivity index (χ1) is 12.0. The Labute approximate surface area is 150 Å². The zero-order valence-electron chi connectivity index (χ0n) is 13.8. The first-order valence-electron chi connectivity index (χ1n) is 7.45. The first kappa shape index (κ1) is 18.6. The number of anilines is 1. The smallest absolute Gasteiger partial charge is 0.311 e. The van der Waals surface area contributed by atoms with Crippen molar-refractivity contribution < 1.29 is 24.2 Å². The third-order valence-electron chi connectivity index (χ3n) is 3.64. The number of amides is 1. The lowest BCUT2D eigenvalue weighted by Gasteiger charge is -2.15. The highest BCUT2D eigenvalue weighted by atomic mass is 35.5. The van der Waals surface area contributed by atoms with Crippen LogP contribution in [0, 0.1) is 0 Å². The molecule has 0 saturated heterocycles. The number of carboxylic acids is 1. The van der Waals surface area contributed by atoms with Gasteiger partial charge in [0.05, 0.1) is 30.8 Å². The molecule has 0 aliphatic heterocycles. The summed E-state index contributed by atoms with van der Waals surface area (Å²) in [5.74, 6) is -1.75. The average molecular weight is 364 g/mol. The van der Waals surface area contributed by atoms with E-state index in [4.69, 9.17) is 21.1 Å². The van der Waals surface area contributed by atoms with Gasteiger partial charge in [0, 0.05) is 18.6 Å². The normalized spacial score (nSPS) is 11.5. The number of rotatable bonds is 7. The Bertz CT molecular complexity index is 764. The number of nitrogens with one attached hydrogen (secondary N) is 1. The van der Waals surface area contributed by atoms with Gasteiger partial charge in [0.2, 0.25) is 5.91 Å². The SMILES string of the molecule is COc1cc(NC(=O)CC(C(=O)O)c2ccccc2)c(OC)cc1Cl. The molecule has 0 aliphatic rings. The molecule has 1 unspecified atom stereocenters. The van der Waals surface area contributed by atoms with Gasteiger partial charge in [-0.1, -0.05) is 41.9 Å². The van der Waals surface area contributed by atoms with Gasteiger partial charge >= 0.3 is 5.97 Å². The number of hydrogen-bond donors (Lipinski definition) is 2. The second-order valence-electron chi connectivity index (χ2n) is 5.24. The Kier molecular flexibility index (Phi) is 6.25. The van der Waals surface area contributed by atoms with Crippen LogP contribution in [0.4, 0.5) is 5.69 Å². The summed E-state index contributed by atoms with van der Waals surface area (Å²) in [5, 5.41) is 12.4. The van der Waals surface area contributed by atoms with E-state index in [9.17, 15) is 14.7 Å².